The number of esters is 1. The fraction of sp³-hybridized carbons (Fsp3) is 0.486. The molecule has 0 aliphatic rings. The van der Waals surface area contributed by atoms with Crippen molar-refractivity contribution in [3.8, 4) is 22.8 Å². The molecule has 0 amide bonds. The van der Waals surface area contributed by atoms with E-state index in [1.54, 1.807) is 12.1 Å². The van der Waals surface area contributed by atoms with Crippen LogP contribution in [0, 0.1) is 5.82 Å². The Balaban J connectivity index is 1.43. The van der Waals surface area contributed by atoms with Crippen molar-refractivity contribution >= 4 is 5.97 Å². The van der Waals surface area contributed by atoms with E-state index in [1.165, 1.54) is 82.5 Å². The summed E-state index contributed by atoms with van der Waals surface area (Å²) >= 11 is 0. The summed E-state index contributed by atoms with van der Waals surface area (Å²) in [5, 5.41) is 0. The molecular weight excluding hydrogens is 501 g/mol. The van der Waals surface area contributed by atoms with E-state index < -0.39 is 11.8 Å². The third-order valence-corrected chi connectivity index (χ3v) is 7.19. The molecule has 0 bridgehead atoms. The maximum absolute atomic E-state index is 14.7. The summed E-state index contributed by atoms with van der Waals surface area (Å²) in [5.74, 6) is -0.146. The van der Waals surface area contributed by atoms with Crippen LogP contribution in [0.3, 0.4) is 0 Å². The van der Waals surface area contributed by atoms with Crippen molar-refractivity contribution in [3.63, 3.8) is 0 Å². The van der Waals surface area contributed by atoms with Gasteiger partial charge in [0.25, 0.3) is 0 Å². The third-order valence-electron chi connectivity index (χ3n) is 7.19. The molecule has 0 fully saturated rings. The van der Waals surface area contributed by atoms with Gasteiger partial charge < -0.3 is 9.47 Å². The third kappa shape index (κ3) is 11.1. The topological polar surface area (TPSA) is 48.4 Å². The molecule has 0 unspecified atom stereocenters. The molecule has 0 atom stereocenters. The molecular formula is C35H46FNO3. The minimum Gasteiger partial charge on any atom is -0.494 e. The van der Waals surface area contributed by atoms with Crippen molar-refractivity contribution in [1.82, 2.24) is 4.98 Å². The number of ether oxygens (including phenoxy) is 2. The number of hydrogen-bond donors (Lipinski definition) is 0. The lowest BCUT2D eigenvalue weighted by Gasteiger charge is -2.09. The molecule has 0 spiro atoms. The normalized spacial score (nSPS) is 11.0. The van der Waals surface area contributed by atoms with Crippen molar-refractivity contribution in [2.45, 2.75) is 104 Å². The zero-order valence-corrected chi connectivity index (χ0v) is 24.4. The Labute approximate surface area is 240 Å². The van der Waals surface area contributed by atoms with Gasteiger partial charge >= 0.3 is 5.97 Å². The minimum atomic E-state index is -0.721. The van der Waals surface area contributed by atoms with E-state index in [2.05, 4.69) is 18.8 Å². The standard InChI is InChI=1S/C35H46FNO3/c1-3-5-7-9-11-12-14-16-28-17-23-32(33(36)26-28)35(38)40-31-22-24-34(37-27-31)29-18-20-30(21-19-29)39-25-15-13-10-8-6-4-2/h17-24,26-27H,3-16,25H2,1-2H3. The summed E-state index contributed by atoms with van der Waals surface area (Å²) < 4.78 is 25.9. The first-order chi connectivity index (χ1) is 19.6. The highest BCUT2D eigenvalue weighted by molar-refractivity contribution is 5.91. The fourth-order valence-electron chi connectivity index (χ4n) is 4.73. The van der Waals surface area contributed by atoms with Crippen molar-refractivity contribution in [2.24, 2.45) is 0 Å². The van der Waals surface area contributed by atoms with Crippen molar-refractivity contribution in [1.29, 1.82) is 0 Å². The first-order valence-corrected chi connectivity index (χ1v) is 15.3. The van der Waals surface area contributed by atoms with Gasteiger partial charge in [0.15, 0.2) is 0 Å². The second-order valence-corrected chi connectivity index (χ2v) is 10.6. The molecule has 1 aromatic heterocycles. The highest BCUT2D eigenvalue weighted by Crippen LogP contribution is 2.24. The molecule has 2 aromatic carbocycles. The number of benzene rings is 2. The number of pyridine rings is 1. The highest BCUT2D eigenvalue weighted by Gasteiger charge is 2.15. The quantitative estimate of drug-likeness (QED) is 0.111. The molecule has 4 nitrogen and oxygen atoms in total. The number of aromatic nitrogens is 1. The van der Waals surface area contributed by atoms with Crippen LogP contribution in [-0.4, -0.2) is 17.6 Å². The lowest BCUT2D eigenvalue weighted by Crippen LogP contribution is -2.11. The number of aryl methyl sites for hydroxylation is 1. The molecule has 3 rings (SSSR count). The van der Waals surface area contributed by atoms with Crippen LogP contribution in [0.2, 0.25) is 0 Å². The van der Waals surface area contributed by atoms with Crippen molar-refractivity contribution in [2.75, 3.05) is 6.61 Å². The van der Waals surface area contributed by atoms with E-state index >= 15 is 0 Å². The molecule has 0 aliphatic heterocycles. The Kier molecular flexibility index (Phi) is 14.2. The van der Waals surface area contributed by atoms with Gasteiger partial charge in [-0.25, -0.2) is 9.18 Å². The van der Waals surface area contributed by atoms with E-state index in [1.807, 2.05) is 30.3 Å². The van der Waals surface area contributed by atoms with Gasteiger partial charge in [-0.05, 0) is 73.4 Å². The van der Waals surface area contributed by atoms with Crippen molar-refractivity contribution in [3.05, 3.63) is 77.7 Å². The maximum Gasteiger partial charge on any atom is 0.346 e. The number of unbranched alkanes of at least 4 members (excludes halogenated alkanes) is 11. The van der Waals surface area contributed by atoms with Crippen LogP contribution in [0.25, 0.3) is 11.3 Å². The number of carbonyl (C=O) groups is 1. The van der Waals surface area contributed by atoms with E-state index in [4.69, 9.17) is 9.47 Å². The van der Waals surface area contributed by atoms with Gasteiger partial charge in [0, 0.05) is 5.56 Å². The monoisotopic (exact) mass is 547 g/mol. The van der Waals surface area contributed by atoms with Gasteiger partial charge in [-0.3, -0.25) is 4.98 Å². The summed E-state index contributed by atoms with van der Waals surface area (Å²) in [6, 6.07) is 16.1. The molecule has 0 radical (unpaired) electrons. The van der Waals surface area contributed by atoms with Gasteiger partial charge in [0.1, 0.15) is 17.3 Å². The van der Waals surface area contributed by atoms with Crippen LogP contribution in [0.4, 0.5) is 4.39 Å². The van der Waals surface area contributed by atoms with Gasteiger partial charge in [0.2, 0.25) is 0 Å². The van der Waals surface area contributed by atoms with Crippen molar-refractivity contribution < 1.29 is 18.7 Å². The van der Waals surface area contributed by atoms with Crippen LogP contribution in [0.15, 0.2) is 60.8 Å². The molecule has 3 aromatic rings. The van der Waals surface area contributed by atoms with Gasteiger partial charge in [-0.2, -0.15) is 0 Å². The molecule has 1 heterocycles. The van der Waals surface area contributed by atoms with Crippen LogP contribution in [0.1, 0.15) is 113 Å². The number of nitrogens with zero attached hydrogens (tertiary/aromatic N) is 1. The summed E-state index contributed by atoms with van der Waals surface area (Å²) in [5.41, 5.74) is 2.53. The maximum atomic E-state index is 14.7. The lowest BCUT2D eigenvalue weighted by molar-refractivity contribution is 0.0729. The number of rotatable bonds is 19. The van der Waals surface area contributed by atoms with Crippen LogP contribution in [0.5, 0.6) is 11.5 Å². The van der Waals surface area contributed by atoms with E-state index in [9.17, 15) is 9.18 Å². The SMILES string of the molecule is CCCCCCCCCc1ccc(C(=O)Oc2ccc(-c3ccc(OCCCCCCCC)cc3)nc2)c(F)c1. The Hall–Kier alpha value is -3.21. The molecule has 40 heavy (non-hydrogen) atoms. The van der Waals surface area contributed by atoms with Crippen LogP contribution in [-0.2, 0) is 6.42 Å². The zero-order chi connectivity index (χ0) is 28.4. The largest absolute Gasteiger partial charge is 0.494 e. The zero-order valence-electron chi connectivity index (χ0n) is 24.4. The Morgan fingerprint density at radius 3 is 1.98 bits per heavy atom. The molecule has 216 valence electrons. The Morgan fingerprint density at radius 2 is 1.35 bits per heavy atom. The Bertz CT molecular complexity index is 1130. The predicted molar refractivity (Wildman–Crippen MR) is 162 cm³/mol. The first-order valence-electron chi connectivity index (χ1n) is 15.3. The number of hydrogen-bond acceptors (Lipinski definition) is 4. The highest BCUT2D eigenvalue weighted by atomic mass is 19.1. The number of halogens is 1. The van der Waals surface area contributed by atoms with Gasteiger partial charge in [0.05, 0.1) is 24.1 Å². The molecule has 5 heteroatoms. The van der Waals surface area contributed by atoms with Gasteiger partial charge in [-0.1, -0.05) is 90.5 Å². The average molecular weight is 548 g/mol. The smallest absolute Gasteiger partial charge is 0.346 e. The molecule has 0 aliphatic carbocycles. The number of carbonyl (C=O) groups excluding carboxylic acids is 1. The second kappa shape index (κ2) is 18.2. The minimum absolute atomic E-state index is 0.0658. The van der Waals surface area contributed by atoms with E-state index in [0.717, 1.165) is 54.9 Å². The second-order valence-electron chi connectivity index (χ2n) is 10.6. The average Bonchev–Trinajstić information content (AvgIpc) is 2.97. The summed E-state index contributed by atoms with van der Waals surface area (Å²) in [7, 11) is 0. The van der Waals surface area contributed by atoms with Gasteiger partial charge in [-0.15, -0.1) is 0 Å². The predicted octanol–water partition coefficient (Wildman–Crippen LogP) is 10.1. The van der Waals surface area contributed by atoms with E-state index in [0.29, 0.717) is 0 Å². The lowest BCUT2D eigenvalue weighted by atomic mass is 10.0. The van der Waals surface area contributed by atoms with Crippen LogP contribution < -0.4 is 9.47 Å². The van der Waals surface area contributed by atoms with Crippen LogP contribution >= 0.6 is 0 Å². The summed E-state index contributed by atoms with van der Waals surface area (Å²) in [4.78, 5) is 17.0. The van der Waals surface area contributed by atoms with E-state index in [-0.39, 0.29) is 11.3 Å². The summed E-state index contributed by atoms with van der Waals surface area (Å²) in [6.45, 7) is 5.17. The molecule has 0 saturated carbocycles. The Morgan fingerprint density at radius 1 is 0.725 bits per heavy atom. The molecule has 0 saturated heterocycles. The fourth-order valence-corrected chi connectivity index (χ4v) is 4.73. The summed E-state index contributed by atoms with van der Waals surface area (Å²) in [6.07, 6.45) is 18.2. The molecule has 0 N–H and O–H groups in total. The first kappa shape index (κ1) is 31.3.